The lowest BCUT2D eigenvalue weighted by molar-refractivity contribution is 0.0428. The first kappa shape index (κ1) is 14.5. The Hall–Kier alpha value is -1.58. The lowest BCUT2D eigenvalue weighted by atomic mass is 10.0. The van der Waals surface area contributed by atoms with Gasteiger partial charge in [-0.1, -0.05) is 33.1 Å². The second kappa shape index (κ2) is 7.69. The molecule has 0 bridgehead atoms. The first-order valence-corrected chi connectivity index (χ1v) is 6.55. The zero-order valence-electron chi connectivity index (χ0n) is 11.2. The van der Waals surface area contributed by atoms with Crippen LogP contribution < -0.4 is 5.73 Å². The van der Waals surface area contributed by atoms with Crippen LogP contribution in [0.25, 0.3) is 0 Å². The van der Waals surface area contributed by atoms with Gasteiger partial charge >= 0.3 is 5.97 Å². The van der Waals surface area contributed by atoms with Crippen molar-refractivity contribution in [2.24, 2.45) is 5.92 Å². The first-order valence-electron chi connectivity index (χ1n) is 6.55. The molecule has 4 heteroatoms. The molecule has 18 heavy (non-hydrogen) atoms. The van der Waals surface area contributed by atoms with Crippen LogP contribution in [-0.2, 0) is 4.74 Å². The van der Waals surface area contributed by atoms with Gasteiger partial charge in [-0.05, 0) is 18.4 Å². The van der Waals surface area contributed by atoms with Crippen LogP contribution in [0.5, 0.6) is 0 Å². The molecule has 0 saturated heterocycles. The highest BCUT2D eigenvalue weighted by Gasteiger charge is 2.12. The minimum absolute atomic E-state index is 0.343. The van der Waals surface area contributed by atoms with Crippen molar-refractivity contribution in [2.75, 3.05) is 12.3 Å². The van der Waals surface area contributed by atoms with Gasteiger partial charge in [0.05, 0.1) is 17.9 Å². The smallest absolute Gasteiger partial charge is 0.339 e. The third-order valence-corrected chi connectivity index (χ3v) is 2.99. The second-order valence-corrected chi connectivity index (χ2v) is 4.52. The lowest BCUT2D eigenvalue weighted by Gasteiger charge is -2.14. The Balaban J connectivity index is 2.44. The minimum Gasteiger partial charge on any atom is -0.462 e. The summed E-state index contributed by atoms with van der Waals surface area (Å²) in [7, 11) is 0. The summed E-state index contributed by atoms with van der Waals surface area (Å²) < 4.78 is 5.30. The van der Waals surface area contributed by atoms with Gasteiger partial charge in [-0.25, -0.2) is 4.79 Å². The van der Waals surface area contributed by atoms with Crippen LogP contribution in [0.3, 0.4) is 0 Å². The molecule has 0 fully saturated rings. The molecule has 1 heterocycles. The summed E-state index contributed by atoms with van der Waals surface area (Å²) in [5, 5.41) is 0. The largest absolute Gasteiger partial charge is 0.462 e. The number of hydrogen-bond acceptors (Lipinski definition) is 4. The predicted molar refractivity (Wildman–Crippen MR) is 72.2 cm³/mol. The number of anilines is 1. The molecule has 0 aliphatic rings. The van der Waals surface area contributed by atoms with E-state index in [1.54, 1.807) is 6.07 Å². The lowest BCUT2D eigenvalue weighted by Crippen LogP contribution is -2.14. The third-order valence-electron chi connectivity index (χ3n) is 2.99. The van der Waals surface area contributed by atoms with Crippen LogP contribution in [-0.4, -0.2) is 17.6 Å². The average molecular weight is 250 g/mol. The number of nitrogens with zero attached hydrogens (tertiary/aromatic N) is 1. The van der Waals surface area contributed by atoms with E-state index in [1.807, 2.05) is 0 Å². The van der Waals surface area contributed by atoms with Gasteiger partial charge in [-0.15, -0.1) is 0 Å². The fourth-order valence-electron chi connectivity index (χ4n) is 1.74. The molecule has 0 radical (unpaired) electrons. The highest BCUT2D eigenvalue weighted by atomic mass is 16.5. The molecule has 0 saturated carbocycles. The van der Waals surface area contributed by atoms with Gasteiger partial charge < -0.3 is 10.5 Å². The maximum atomic E-state index is 11.8. The summed E-state index contributed by atoms with van der Waals surface area (Å²) in [5.41, 5.74) is 6.47. The van der Waals surface area contributed by atoms with Crippen molar-refractivity contribution in [2.45, 2.75) is 39.5 Å². The van der Waals surface area contributed by atoms with Gasteiger partial charge in [-0.3, -0.25) is 4.98 Å². The van der Waals surface area contributed by atoms with Crippen molar-refractivity contribution in [1.82, 2.24) is 4.98 Å². The van der Waals surface area contributed by atoms with Crippen LogP contribution >= 0.6 is 0 Å². The van der Waals surface area contributed by atoms with Gasteiger partial charge in [0.15, 0.2) is 0 Å². The first-order chi connectivity index (χ1) is 8.67. The maximum Gasteiger partial charge on any atom is 0.339 e. The monoisotopic (exact) mass is 250 g/mol. The molecular formula is C14H22N2O2. The molecule has 0 aliphatic carbocycles. The van der Waals surface area contributed by atoms with Crippen LogP contribution in [0.1, 0.15) is 49.9 Å². The number of esters is 1. The number of carbonyl (C=O) groups is 1. The van der Waals surface area contributed by atoms with E-state index in [9.17, 15) is 4.79 Å². The minimum atomic E-state index is -0.343. The van der Waals surface area contributed by atoms with Crippen molar-refractivity contribution < 1.29 is 9.53 Å². The molecule has 4 nitrogen and oxygen atoms in total. The van der Waals surface area contributed by atoms with Crippen LogP contribution in [0.15, 0.2) is 18.5 Å². The molecule has 0 aromatic carbocycles. The fourth-order valence-corrected chi connectivity index (χ4v) is 1.74. The van der Waals surface area contributed by atoms with Gasteiger partial charge in [0.2, 0.25) is 0 Å². The molecule has 1 rings (SSSR count). The number of rotatable bonds is 7. The summed E-state index contributed by atoms with van der Waals surface area (Å²) in [6, 6.07) is 1.59. The topological polar surface area (TPSA) is 65.2 Å². The highest BCUT2D eigenvalue weighted by molar-refractivity contribution is 5.89. The van der Waals surface area contributed by atoms with E-state index < -0.39 is 0 Å². The molecule has 0 aliphatic heterocycles. The number of nitrogens with two attached hydrogens (primary N) is 1. The number of hydrogen-bond donors (Lipinski definition) is 1. The van der Waals surface area contributed by atoms with Crippen LogP contribution in [0.4, 0.5) is 5.69 Å². The molecule has 1 atom stereocenters. The Morgan fingerprint density at radius 3 is 2.83 bits per heavy atom. The molecule has 1 aromatic rings. The number of ether oxygens (including phenoxy) is 1. The van der Waals surface area contributed by atoms with E-state index in [1.165, 1.54) is 25.2 Å². The number of pyridine rings is 1. The fraction of sp³-hybridized carbons (Fsp3) is 0.571. The Kier molecular flexibility index (Phi) is 6.19. The quantitative estimate of drug-likeness (QED) is 0.755. The molecular weight excluding hydrogens is 228 g/mol. The predicted octanol–water partition coefficient (Wildman–Crippen LogP) is 3.04. The normalized spacial score (nSPS) is 12.1. The van der Waals surface area contributed by atoms with Crippen molar-refractivity contribution in [1.29, 1.82) is 0 Å². The van der Waals surface area contributed by atoms with Crippen molar-refractivity contribution >= 4 is 11.7 Å². The van der Waals surface area contributed by atoms with Gasteiger partial charge in [0.25, 0.3) is 0 Å². The molecule has 0 amide bonds. The molecule has 100 valence electrons. The van der Waals surface area contributed by atoms with Crippen molar-refractivity contribution in [3.63, 3.8) is 0 Å². The Labute approximate surface area is 109 Å². The molecule has 0 spiro atoms. The number of unbranched alkanes of at least 4 members (excludes halogenated alkanes) is 1. The second-order valence-electron chi connectivity index (χ2n) is 4.52. The van der Waals surface area contributed by atoms with Crippen molar-refractivity contribution in [3.05, 3.63) is 24.0 Å². The van der Waals surface area contributed by atoms with E-state index >= 15 is 0 Å². The Morgan fingerprint density at radius 2 is 2.22 bits per heavy atom. The van der Waals surface area contributed by atoms with E-state index in [-0.39, 0.29) is 5.97 Å². The standard InChI is InChI=1S/C14H22N2O2/c1-3-5-6-11(4-2)10-18-14(17)12-7-13(15)9-16-8-12/h7-9,11H,3-6,10,15H2,1-2H3. The van der Waals surface area contributed by atoms with Gasteiger partial charge in [-0.2, -0.15) is 0 Å². The maximum absolute atomic E-state index is 11.8. The highest BCUT2D eigenvalue weighted by Crippen LogP contribution is 2.14. The molecule has 1 unspecified atom stereocenters. The summed E-state index contributed by atoms with van der Waals surface area (Å²) in [6.45, 7) is 4.76. The zero-order chi connectivity index (χ0) is 13.4. The zero-order valence-corrected chi connectivity index (χ0v) is 11.2. The Bertz CT molecular complexity index is 380. The number of aromatic nitrogens is 1. The van der Waals surface area contributed by atoms with Crippen molar-refractivity contribution in [3.8, 4) is 0 Å². The summed E-state index contributed by atoms with van der Waals surface area (Å²) in [6.07, 6.45) is 7.47. The van der Waals surface area contributed by atoms with Gasteiger partial charge in [0.1, 0.15) is 0 Å². The summed E-state index contributed by atoms with van der Waals surface area (Å²) in [4.78, 5) is 15.6. The molecule has 2 N–H and O–H groups in total. The Morgan fingerprint density at radius 1 is 1.44 bits per heavy atom. The van der Waals surface area contributed by atoms with E-state index in [2.05, 4.69) is 18.8 Å². The van der Waals surface area contributed by atoms with Gasteiger partial charge in [0, 0.05) is 12.4 Å². The van der Waals surface area contributed by atoms with E-state index in [0.717, 1.165) is 12.8 Å². The average Bonchev–Trinajstić information content (AvgIpc) is 2.38. The van der Waals surface area contributed by atoms with E-state index in [4.69, 9.17) is 10.5 Å². The third kappa shape index (κ3) is 4.73. The summed E-state index contributed by atoms with van der Waals surface area (Å²) in [5.74, 6) is 0.104. The molecule has 1 aromatic heterocycles. The van der Waals surface area contributed by atoms with E-state index in [0.29, 0.717) is 23.8 Å². The number of carbonyl (C=O) groups excluding carboxylic acids is 1. The SMILES string of the molecule is CCCCC(CC)COC(=O)c1cncc(N)c1. The summed E-state index contributed by atoms with van der Waals surface area (Å²) >= 11 is 0. The van der Waals surface area contributed by atoms with Crippen LogP contribution in [0.2, 0.25) is 0 Å². The van der Waals surface area contributed by atoms with Crippen LogP contribution in [0, 0.1) is 5.92 Å². The number of nitrogen functional groups attached to an aromatic ring is 1.